The molecule has 3 nitrogen and oxygen atoms in total. The second-order valence-corrected chi connectivity index (χ2v) is 5.59. The minimum absolute atomic E-state index is 0.279. The fourth-order valence-corrected chi connectivity index (χ4v) is 3.21. The maximum absolute atomic E-state index is 11.6. The number of hydrogen-bond donors (Lipinski definition) is 0. The lowest BCUT2D eigenvalue weighted by Crippen LogP contribution is -2.24. The van der Waals surface area contributed by atoms with E-state index in [1.807, 2.05) is 45.0 Å². The van der Waals surface area contributed by atoms with Crippen LogP contribution in [0.4, 0.5) is 5.69 Å². The van der Waals surface area contributed by atoms with Gasteiger partial charge in [-0.05, 0) is 25.5 Å². The molecule has 0 spiro atoms. The van der Waals surface area contributed by atoms with Crippen LogP contribution in [0.1, 0.15) is 25.8 Å². The van der Waals surface area contributed by atoms with E-state index in [2.05, 4.69) is 0 Å². The molecule has 0 radical (unpaired) electrons. The highest BCUT2D eigenvalue weighted by atomic mass is 32.2. The van der Waals surface area contributed by atoms with Crippen LogP contribution in [0.3, 0.4) is 0 Å². The molecule has 0 unspecified atom stereocenters. The van der Waals surface area contributed by atoms with E-state index in [9.17, 15) is 8.42 Å². The van der Waals surface area contributed by atoms with Crippen molar-refractivity contribution in [2.24, 2.45) is 0 Å². The Bertz CT molecular complexity index is 423. The second kappa shape index (κ2) is 5.34. The number of anilines is 1. The molecule has 1 fully saturated rings. The summed E-state index contributed by atoms with van der Waals surface area (Å²) in [5, 5.41) is 0. The smallest absolute Gasteiger partial charge is 0.235 e. The van der Waals surface area contributed by atoms with Crippen molar-refractivity contribution in [2.45, 2.75) is 27.2 Å². The minimum atomic E-state index is -3.02. The first-order valence-corrected chi connectivity index (χ1v) is 7.27. The van der Waals surface area contributed by atoms with Crippen molar-refractivity contribution in [1.29, 1.82) is 0 Å². The van der Waals surface area contributed by atoms with Crippen LogP contribution in [-0.4, -0.2) is 20.7 Å². The van der Waals surface area contributed by atoms with E-state index in [0.29, 0.717) is 6.54 Å². The molecule has 90 valence electrons. The van der Waals surface area contributed by atoms with Gasteiger partial charge < -0.3 is 0 Å². The van der Waals surface area contributed by atoms with Gasteiger partial charge in [-0.2, -0.15) is 0 Å². The summed E-state index contributed by atoms with van der Waals surface area (Å²) in [6.45, 7) is 6.60. The van der Waals surface area contributed by atoms with Crippen LogP contribution in [0.15, 0.2) is 24.3 Å². The fraction of sp³-hybridized carbons (Fsp3) is 0.500. The summed E-state index contributed by atoms with van der Waals surface area (Å²) < 4.78 is 24.6. The van der Waals surface area contributed by atoms with Gasteiger partial charge in [-0.3, -0.25) is 4.31 Å². The van der Waals surface area contributed by atoms with Crippen LogP contribution in [0.2, 0.25) is 0 Å². The van der Waals surface area contributed by atoms with Crippen molar-refractivity contribution in [2.75, 3.05) is 16.6 Å². The molecule has 2 rings (SSSR count). The Morgan fingerprint density at radius 3 is 2.12 bits per heavy atom. The van der Waals surface area contributed by atoms with E-state index in [4.69, 9.17) is 0 Å². The molecule has 0 aromatic heterocycles. The average Bonchev–Trinajstić information content (AvgIpc) is 2.62. The predicted octanol–water partition coefficient (Wildman–Crippen LogP) is 2.56. The van der Waals surface area contributed by atoms with E-state index in [1.54, 1.807) is 0 Å². The zero-order chi connectivity index (χ0) is 12.2. The summed E-state index contributed by atoms with van der Waals surface area (Å²) in [5.41, 5.74) is 1.93. The third kappa shape index (κ3) is 2.76. The molecular weight excluding hydrogens is 222 g/mol. The molecule has 1 heterocycles. The van der Waals surface area contributed by atoms with E-state index < -0.39 is 10.0 Å². The van der Waals surface area contributed by atoms with Crippen molar-refractivity contribution in [3.8, 4) is 0 Å². The number of hydrogen-bond acceptors (Lipinski definition) is 2. The summed E-state index contributed by atoms with van der Waals surface area (Å²) >= 11 is 0. The molecule has 0 saturated carbocycles. The van der Waals surface area contributed by atoms with Gasteiger partial charge in [-0.1, -0.05) is 31.5 Å². The maximum Gasteiger partial charge on any atom is 0.235 e. The first-order chi connectivity index (χ1) is 7.59. The number of nitrogens with zero attached hydrogens (tertiary/aromatic N) is 1. The first kappa shape index (κ1) is 13.0. The first-order valence-electron chi connectivity index (χ1n) is 5.67. The number of benzene rings is 1. The van der Waals surface area contributed by atoms with Crippen LogP contribution in [0.5, 0.6) is 0 Å². The molecule has 1 aliphatic rings. The van der Waals surface area contributed by atoms with Gasteiger partial charge in [0.15, 0.2) is 0 Å². The Morgan fingerprint density at radius 1 is 1.12 bits per heavy atom. The lowest BCUT2D eigenvalue weighted by atomic mass is 10.2. The Balaban J connectivity index is 0.000000606. The Hall–Kier alpha value is -1.03. The normalized spacial score (nSPS) is 17.8. The lowest BCUT2D eigenvalue weighted by Gasteiger charge is -2.16. The van der Waals surface area contributed by atoms with Crippen LogP contribution < -0.4 is 4.31 Å². The summed E-state index contributed by atoms with van der Waals surface area (Å²) in [6, 6.07) is 7.59. The summed E-state index contributed by atoms with van der Waals surface area (Å²) in [6.07, 6.45) is 0.732. The van der Waals surface area contributed by atoms with Crippen molar-refractivity contribution < 1.29 is 8.42 Å². The van der Waals surface area contributed by atoms with E-state index in [1.165, 1.54) is 4.31 Å². The van der Waals surface area contributed by atoms with Gasteiger partial charge in [0.05, 0.1) is 11.4 Å². The molecule has 0 bridgehead atoms. The predicted molar refractivity (Wildman–Crippen MR) is 68.3 cm³/mol. The van der Waals surface area contributed by atoms with Crippen LogP contribution in [0, 0.1) is 6.92 Å². The Labute approximate surface area is 98.1 Å². The van der Waals surface area contributed by atoms with Gasteiger partial charge in [0, 0.05) is 6.54 Å². The Morgan fingerprint density at radius 2 is 1.69 bits per heavy atom. The van der Waals surface area contributed by atoms with Gasteiger partial charge in [0.2, 0.25) is 10.0 Å². The standard InChI is InChI=1S/C10H13NO2S.C2H6/c1-9-3-5-10(6-4-9)11-7-2-8-14(11,12)13;1-2/h3-6H,2,7-8H2,1H3;1-2H3. The van der Waals surface area contributed by atoms with Crippen molar-refractivity contribution >= 4 is 15.7 Å². The highest BCUT2D eigenvalue weighted by Gasteiger charge is 2.27. The van der Waals surface area contributed by atoms with Crippen molar-refractivity contribution in [1.82, 2.24) is 0 Å². The molecule has 0 N–H and O–H groups in total. The van der Waals surface area contributed by atoms with E-state index in [0.717, 1.165) is 17.7 Å². The molecule has 1 aliphatic heterocycles. The Kier molecular flexibility index (Phi) is 4.35. The summed E-state index contributed by atoms with van der Waals surface area (Å²) in [7, 11) is -3.02. The third-order valence-electron chi connectivity index (χ3n) is 2.42. The summed E-state index contributed by atoms with van der Waals surface area (Å²) in [4.78, 5) is 0. The fourth-order valence-electron chi connectivity index (χ4n) is 1.64. The number of sulfonamides is 1. The summed E-state index contributed by atoms with van der Waals surface area (Å²) in [5.74, 6) is 0.279. The molecule has 0 amide bonds. The number of rotatable bonds is 1. The molecule has 1 saturated heterocycles. The minimum Gasteiger partial charge on any atom is -0.270 e. The SMILES string of the molecule is CC.Cc1ccc(N2CCCS2(=O)=O)cc1. The van der Waals surface area contributed by atoms with Gasteiger partial charge in [0.1, 0.15) is 0 Å². The van der Waals surface area contributed by atoms with Crippen molar-refractivity contribution in [3.05, 3.63) is 29.8 Å². The molecule has 0 aliphatic carbocycles. The molecule has 0 atom stereocenters. The van der Waals surface area contributed by atoms with Crippen LogP contribution >= 0.6 is 0 Å². The topological polar surface area (TPSA) is 37.4 Å². The van der Waals surface area contributed by atoms with Gasteiger partial charge in [-0.25, -0.2) is 8.42 Å². The third-order valence-corrected chi connectivity index (χ3v) is 4.29. The molecule has 4 heteroatoms. The quantitative estimate of drug-likeness (QED) is 0.757. The number of aryl methyl sites for hydroxylation is 1. The average molecular weight is 241 g/mol. The lowest BCUT2D eigenvalue weighted by molar-refractivity contribution is 0.599. The van der Waals surface area contributed by atoms with Gasteiger partial charge in [0.25, 0.3) is 0 Å². The molecule has 1 aromatic carbocycles. The highest BCUT2D eigenvalue weighted by Crippen LogP contribution is 2.23. The zero-order valence-corrected chi connectivity index (χ0v) is 10.9. The maximum atomic E-state index is 11.6. The van der Waals surface area contributed by atoms with Crippen LogP contribution in [-0.2, 0) is 10.0 Å². The highest BCUT2D eigenvalue weighted by molar-refractivity contribution is 7.93. The zero-order valence-electron chi connectivity index (χ0n) is 10.1. The van der Waals surface area contributed by atoms with E-state index in [-0.39, 0.29) is 5.75 Å². The molecular formula is C12H19NO2S. The monoisotopic (exact) mass is 241 g/mol. The van der Waals surface area contributed by atoms with Crippen LogP contribution in [0.25, 0.3) is 0 Å². The van der Waals surface area contributed by atoms with Gasteiger partial charge >= 0.3 is 0 Å². The van der Waals surface area contributed by atoms with Crippen molar-refractivity contribution in [3.63, 3.8) is 0 Å². The van der Waals surface area contributed by atoms with E-state index >= 15 is 0 Å². The molecule has 1 aromatic rings. The second-order valence-electron chi connectivity index (χ2n) is 3.58. The molecule has 16 heavy (non-hydrogen) atoms. The van der Waals surface area contributed by atoms with Gasteiger partial charge in [-0.15, -0.1) is 0 Å². The largest absolute Gasteiger partial charge is 0.270 e.